The zero-order valence-electron chi connectivity index (χ0n) is 12.1. The number of amides is 1. The number of nitrogens with one attached hydrogen (secondary N) is 2. The SMILES string of the molecule is CC(Oc1ccccc1Cl)C(=O)NC1CC2CCC(C1)N2. The molecule has 0 saturated carbocycles. The van der Waals surface area contributed by atoms with Gasteiger partial charge in [0.1, 0.15) is 5.75 Å². The number of benzene rings is 1. The van der Waals surface area contributed by atoms with E-state index in [0.29, 0.717) is 22.9 Å². The molecule has 2 aliphatic heterocycles. The molecule has 21 heavy (non-hydrogen) atoms. The van der Waals surface area contributed by atoms with Gasteiger partial charge in [0.15, 0.2) is 6.10 Å². The van der Waals surface area contributed by atoms with Gasteiger partial charge < -0.3 is 15.4 Å². The fraction of sp³-hybridized carbons (Fsp3) is 0.562. The van der Waals surface area contributed by atoms with Crippen LogP contribution < -0.4 is 15.4 Å². The topological polar surface area (TPSA) is 50.4 Å². The zero-order chi connectivity index (χ0) is 14.8. The number of carbonyl (C=O) groups is 1. The van der Waals surface area contributed by atoms with Crippen molar-refractivity contribution >= 4 is 17.5 Å². The van der Waals surface area contributed by atoms with Crippen molar-refractivity contribution in [1.82, 2.24) is 10.6 Å². The van der Waals surface area contributed by atoms with Gasteiger partial charge in [-0.15, -0.1) is 0 Å². The number of fused-ring (bicyclic) bond motifs is 2. The van der Waals surface area contributed by atoms with Crippen LogP contribution in [0.1, 0.15) is 32.6 Å². The molecule has 4 nitrogen and oxygen atoms in total. The second-order valence-corrected chi connectivity index (χ2v) is 6.41. The molecule has 1 aromatic rings. The smallest absolute Gasteiger partial charge is 0.260 e. The summed E-state index contributed by atoms with van der Waals surface area (Å²) in [4.78, 5) is 12.3. The molecule has 2 aliphatic rings. The summed E-state index contributed by atoms with van der Waals surface area (Å²) in [6, 6.07) is 8.60. The predicted molar refractivity (Wildman–Crippen MR) is 82.7 cm³/mol. The maximum Gasteiger partial charge on any atom is 0.260 e. The van der Waals surface area contributed by atoms with Gasteiger partial charge in [-0.2, -0.15) is 0 Å². The van der Waals surface area contributed by atoms with E-state index in [1.54, 1.807) is 19.1 Å². The Bertz CT molecular complexity index is 511. The third-order valence-corrected chi connectivity index (χ3v) is 4.64. The molecule has 0 spiro atoms. The van der Waals surface area contributed by atoms with Gasteiger partial charge >= 0.3 is 0 Å². The number of para-hydroxylation sites is 1. The maximum absolute atomic E-state index is 12.3. The summed E-state index contributed by atoms with van der Waals surface area (Å²) < 4.78 is 5.66. The first kappa shape index (κ1) is 14.7. The normalized spacial score (nSPS) is 29.0. The van der Waals surface area contributed by atoms with Gasteiger partial charge in [-0.1, -0.05) is 23.7 Å². The standard InChI is InChI=1S/C16H21ClN2O2/c1-10(21-15-5-3-2-4-14(15)17)16(20)19-13-8-11-6-7-12(9-13)18-11/h2-5,10-13,18H,6-9H2,1H3,(H,19,20). The molecule has 0 aromatic heterocycles. The van der Waals surface area contributed by atoms with Crippen molar-refractivity contribution in [3.63, 3.8) is 0 Å². The lowest BCUT2D eigenvalue weighted by atomic mass is 9.99. The lowest BCUT2D eigenvalue weighted by Gasteiger charge is -2.30. The van der Waals surface area contributed by atoms with E-state index in [1.165, 1.54) is 12.8 Å². The van der Waals surface area contributed by atoms with Crippen LogP contribution in [0.25, 0.3) is 0 Å². The van der Waals surface area contributed by atoms with Crippen molar-refractivity contribution in [3.05, 3.63) is 29.3 Å². The Morgan fingerprint density at radius 2 is 2.00 bits per heavy atom. The van der Waals surface area contributed by atoms with E-state index in [1.807, 2.05) is 12.1 Å². The molecule has 0 radical (unpaired) electrons. The highest BCUT2D eigenvalue weighted by Crippen LogP contribution is 2.27. The minimum atomic E-state index is -0.544. The average Bonchev–Trinajstić information content (AvgIpc) is 2.80. The Morgan fingerprint density at radius 1 is 1.33 bits per heavy atom. The molecule has 5 heteroatoms. The van der Waals surface area contributed by atoms with Crippen molar-refractivity contribution in [3.8, 4) is 5.75 Å². The van der Waals surface area contributed by atoms with Crippen molar-refractivity contribution in [2.45, 2.75) is 56.8 Å². The summed E-state index contributed by atoms with van der Waals surface area (Å²) >= 11 is 6.05. The molecule has 0 aliphatic carbocycles. The minimum Gasteiger partial charge on any atom is -0.479 e. The highest BCUT2D eigenvalue weighted by molar-refractivity contribution is 6.32. The first-order chi connectivity index (χ1) is 10.1. The molecule has 2 heterocycles. The number of rotatable bonds is 4. The van der Waals surface area contributed by atoms with Crippen LogP contribution in [-0.2, 0) is 4.79 Å². The summed E-state index contributed by atoms with van der Waals surface area (Å²) in [5.74, 6) is 0.480. The molecular weight excluding hydrogens is 288 g/mol. The number of piperidine rings is 1. The van der Waals surface area contributed by atoms with Crippen molar-refractivity contribution in [2.24, 2.45) is 0 Å². The van der Waals surface area contributed by atoms with E-state index < -0.39 is 6.10 Å². The quantitative estimate of drug-likeness (QED) is 0.898. The van der Waals surface area contributed by atoms with E-state index in [0.717, 1.165) is 12.8 Å². The first-order valence-electron chi connectivity index (χ1n) is 7.59. The van der Waals surface area contributed by atoms with Gasteiger partial charge in [-0.25, -0.2) is 0 Å². The lowest BCUT2D eigenvalue weighted by molar-refractivity contribution is -0.128. The molecule has 1 aromatic carbocycles. The van der Waals surface area contributed by atoms with Crippen LogP contribution in [0.5, 0.6) is 5.75 Å². The number of halogens is 1. The maximum atomic E-state index is 12.3. The Kier molecular flexibility index (Phi) is 4.36. The van der Waals surface area contributed by atoms with E-state index in [9.17, 15) is 4.79 Å². The van der Waals surface area contributed by atoms with E-state index in [2.05, 4.69) is 10.6 Å². The Morgan fingerprint density at radius 3 is 2.67 bits per heavy atom. The van der Waals surface area contributed by atoms with Crippen molar-refractivity contribution in [1.29, 1.82) is 0 Å². The Labute approximate surface area is 130 Å². The fourth-order valence-electron chi connectivity index (χ4n) is 3.28. The fourth-order valence-corrected chi connectivity index (χ4v) is 3.46. The van der Waals surface area contributed by atoms with Crippen LogP contribution in [0.15, 0.2) is 24.3 Å². The van der Waals surface area contributed by atoms with Gasteiger partial charge in [-0.3, -0.25) is 4.79 Å². The third-order valence-electron chi connectivity index (χ3n) is 4.33. The lowest BCUT2D eigenvalue weighted by Crippen LogP contribution is -2.50. The molecular formula is C16H21ClN2O2. The van der Waals surface area contributed by atoms with Gasteiger partial charge in [-0.05, 0) is 44.7 Å². The molecule has 2 N–H and O–H groups in total. The van der Waals surface area contributed by atoms with Crippen molar-refractivity contribution in [2.75, 3.05) is 0 Å². The van der Waals surface area contributed by atoms with Gasteiger partial charge in [0.2, 0.25) is 0 Å². The highest BCUT2D eigenvalue weighted by Gasteiger charge is 2.34. The molecule has 3 atom stereocenters. The van der Waals surface area contributed by atoms with E-state index in [4.69, 9.17) is 16.3 Å². The van der Waals surface area contributed by atoms with Crippen LogP contribution >= 0.6 is 11.6 Å². The van der Waals surface area contributed by atoms with Crippen molar-refractivity contribution < 1.29 is 9.53 Å². The highest BCUT2D eigenvalue weighted by atomic mass is 35.5. The van der Waals surface area contributed by atoms with Crippen LogP contribution in [0.3, 0.4) is 0 Å². The molecule has 2 bridgehead atoms. The second-order valence-electron chi connectivity index (χ2n) is 6.01. The van der Waals surface area contributed by atoms with Gasteiger partial charge in [0, 0.05) is 18.1 Å². The molecule has 114 valence electrons. The van der Waals surface area contributed by atoms with Gasteiger partial charge in [0.05, 0.1) is 5.02 Å². The minimum absolute atomic E-state index is 0.0683. The third kappa shape index (κ3) is 3.50. The van der Waals surface area contributed by atoms with Gasteiger partial charge in [0.25, 0.3) is 5.91 Å². The Balaban J connectivity index is 1.54. The molecule has 3 rings (SSSR count). The number of hydrogen-bond acceptors (Lipinski definition) is 3. The first-order valence-corrected chi connectivity index (χ1v) is 7.97. The monoisotopic (exact) mass is 308 g/mol. The Hall–Kier alpha value is -1.26. The summed E-state index contributed by atoms with van der Waals surface area (Å²) in [6.45, 7) is 1.76. The number of carbonyl (C=O) groups excluding carboxylic acids is 1. The molecule has 2 saturated heterocycles. The van der Waals surface area contributed by atoms with Crippen LogP contribution in [0.4, 0.5) is 0 Å². The molecule has 3 unspecified atom stereocenters. The second kappa shape index (κ2) is 6.24. The summed E-state index contributed by atoms with van der Waals surface area (Å²) in [7, 11) is 0. The van der Waals surface area contributed by atoms with E-state index >= 15 is 0 Å². The zero-order valence-corrected chi connectivity index (χ0v) is 12.9. The van der Waals surface area contributed by atoms with Crippen LogP contribution in [-0.4, -0.2) is 30.1 Å². The largest absolute Gasteiger partial charge is 0.479 e. The summed E-state index contributed by atoms with van der Waals surface area (Å²) in [5.41, 5.74) is 0. The molecule has 2 fully saturated rings. The summed E-state index contributed by atoms with van der Waals surface area (Å²) in [5, 5.41) is 7.21. The summed E-state index contributed by atoms with van der Waals surface area (Å²) in [6.07, 6.45) is 3.94. The van der Waals surface area contributed by atoms with Crippen LogP contribution in [0.2, 0.25) is 5.02 Å². The predicted octanol–water partition coefficient (Wildman–Crippen LogP) is 2.51. The number of ether oxygens (including phenoxy) is 1. The molecule has 1 amide bonds. The number of hydrogen-bond donors (Lipinski definition) is 2. The average molecular weight is 309 g/mol. The van der Waals surface area contributed by atoms with E-state index in [-0.39, 0.29) is 11.9 Å². The van der Waals surface area contributed by atoms with Crippen LogP contribution in [0, 0.1) is 0 Å².